The number of nitrogens with zero attached hydrogens (tertiary/aromatic N) is 3. The van der Waals surface area contributed by atoms with E-state index in [1.54, 1.807) is 24.3 Å². The fourth-order valence-corrected chi connectivity index (χ4v) is 2.02. The lowest BCUT2D eigenvalue weighted by atomic mass is 10.3. The summed E-state index contributed by atoms with van der Waals surface area (Å²) < 4.78 is 5.61. The van der Waals surface area contributed by atoms with Gasteiger partial charge in [-0.05, 0) is 30.3 Å². The molecule has 0 saturated heterocycles. The van der Waals surface area contributed by atoms with Crippen molar-refractivity contribution in [2.45, 2.75) is 0 Å². The molecule has 0 radical (unpaired) electrons. The highest BCUT2D eigenvalue weighted by atomic mass is 35.5. The number of halogens is 2. The molecule has 0 amide bonds. The molecule has 1 aromatic carbocycles. The van der Waals surface area contributed by atoms with Crippen LogP contribution in [0.1, 0.15) is 5.69 Å². The van der Waals surface area contributed by atoms with Crippen molar-refractivity contribution in [3.05, 3.63) is 52.1 Å². The Labute approximate surface area is 133 Å². The zero-order chi connectivity index (χ0) is 15.2. The Morgan fingerprint density at radius 3 is 2.81 bits per heavy atom. The van der Waals surface area contributed by atoms with E-state index in [1.165, 1.54) is 0 Å². The standard InChI is InChI=1S/C15H13Cl2N3O/c1-20(15-6-5-13(17)14(10-18)19-15)7-8-21-12-4-2-3-11(16)9-12/h2-6,9H,7-8H2,1H3. The molecule has 0 saturated carbocycles. The zero-order valence-electron chi connectivity index (χ0n) is 11.4. The average molecular weight is 322 g/mol. The second-order valence-corrected chi connectivity index (χ2v) is 5.18. The fraction of sp³-hybridized carbons (Fsp3) is 0.200. The van der Waals surface area contributed by atoms with Gasteiger partial charge in [0.1, 0.15) is 24.2 Å². The first-order valence-electron chi connectivity index (χ1n) is 6.26. The monoisotopic (exact) mass is 321 g/mol. The number of hydrogen-bond donors (Lipinski definition) is 0. The predicted molar refractivity (Wildman–Crippen MR) is 84.2 cm³/mol. The van der Waals surface area contributed by atoms with Crippen molar-refractivity contribution in [1.29, 1.82) is 5.26 Å². The highest BCUT2D eigenvalue weighted by Gasteiger charge is 2.07. The lowest BCUT2D eigenvalue weighted by molar-refractivity contribution is 0.325. The maximum atomic E-state index is 8.92. The van der Waals surface area contributed by atoms with Gasteiger partial charge in [0.2, 0.25) is 0 Å². The molecule has 1 aromatic heterocycles. The summed E-state index contributed by atoms with van der Waals surface area (Å²) in [6.45, 7) is 1.09. The molecule has 0 unspecified atom stereocenters. The third-order valence-electron chi connectivity index (χ3n) is 2.82. The number of rotatable bonds is 5. The zero-order valence-corrected chi connectivity index (χ0v) is 12.9. The molecule has 6 heteroatoms. The van der Waals surface area contributed by atoms with Crippen LogP contribution in [-0.4, -0.2) is 25.2 Å². The van der Waals surface area contributed by atoms with Crippen LogP contribution >= 0.6 is 23.2 Å². The van der Waals surface area contributed by atoms with Gasteiger partial charge in [-0.15, -0.1) is 0 Å². The summed E-state index contributed by atoms with van der Waals surface area (Å²) in [5.41, 5.74) is 0.219. The van der Waals surface area contributed by atoms with Crippen molar-refractivity contribution in [3.8, 4) is 11.8 Å². The van der Waals surface area contributed by atoms with E-state index in [2.05, 4.69) is 4.98 Å². The van der Waals surface area contributed by atoms with Crippen LogP contribution in [0.2, 0.25) is 10.0 Å². The minimum absolute atomic E-state index is 0.219. The lowest BCUT2D eigenvalue weighted by Crippen LogP contribution is -2.24. The molecule has 0 atom stereocenters. The Bertz CT molecular complexity index is 670. The topological polar surface area (TPSA) is 49.1 Å². The van der Waals surface area contributed by atoms with Gasteiger partial charge in [-0.1, -0.05) is 29.3 Å². The van der Waals surface area contributed by atoms with E-state index in [1.807, 2.05) is 30.1 Å². The van der Waals surface area contributed by atoms with Crippen molar-refractivity contribution in [2.75, 3.05) is 25.1 Å². The van der Waals surface area contributed by atoms with Gasteiger partial charge in [-0.25, -0.2) is 4.98 Å². The average Bonchev–Trinajstić information content (AvgIpc) is 2.47. The minimum Gasteiger partial charge on any atom is -0.492 e. The molecule has 0 aliphatic heterocycles. The Morgan fingerprint density at radius 2 is 2.10 bits per heavy atom. The maximum Gasteiger partial charge on any atom is 0.161 e. The van der Waals surface area contributed by atoms with E-state index in [0.29, 0.717) is 29.0 Å². The first-order chi connectivity index (χ1) is 10.1. The van der Waals surface area contributed by atoms with E-state index < -0.39 is 0 Å². The molecular weight excluding hydrogens is 309 g/mol. The van der Waals surface area contributed by atoms with E-state index in [0.717, 1.165) is 5.75 Å². The summed E-state index contributed by atoms with van der Waals surface area (Å²) >= 11 is 11.7. The molecule has 0 N–H and O–H groups in total. The maximum absolute atomic E-state index is 8.92. The molecule has 0 aliphatic carbocycles. The van der Waals surface area contributed by atoms with E-state index in [4.69, 9.17) is 33.2 Å². The quantitative estimate of drug-likeness (QED) is 0.841. The van der Waals surface area contributed by atoms with Crippen LogP contribution < -0.4 is 9.64 Å². The van der Waals surface area contributed by atoms with Gasteiger partial charge in [0, 0.05) is 12.1 Å². The SMILES string of the molecule is CN(CCOc1cccc(Cl)c1)c1ccc(Cl)c(C#N)n1. The van der Waals surface area contributed by atoms with Crippen molar-refractivity contribution in [3.63, 3.8) is 0 Å². The molecular formula is C15H13Cl2N3O. The lowest BCUT2D eigenvalue weighted by Gasteiger charge is -2.18. The molecule has 4 nitrogen and oxygen atoms in total. The number of hydrogen-bond acceptors (Lipinski definition) is 4. The summed E-state index contributed by atoms with van der Waals surface area (Å²) in [5.74, 6) is 1.39. The second-order valence-electron chi connectivity index (χ2n) is 4.34. The second kappa shape index (κ2) is 7.16. The number of pyridine rings is 1. The van der Waals surface area contributed by atoms with Crippen LogP contribution in [0.4, 0.5) is 5.82 Å². The van der Waals surface area contributed by atoms with Crippen molar-refractivity contribution >= 4 is 29.0 Å². The molecule has 2 rings (SSSR count). The minimum atomic E-state index is 0.219. The van der Waals surface area contributed by atoms with Crippen LogP contribution in [0, 0.1) is 11.3 Å². The Morgan fingerprint density at radius 1 is 1.29 bits per heavy atom. The van der Waals surface area contributed by atoms with Gasteiger partial charge in [0.15, 0.2) is 5.69 Å². The van der Waals surface area contributed by atoms with Crippen molar-refractivity contribution in [2.24, 2.45) is 0 Å². The van der Waals surface area contributed by atoms with Gasteiger partial charge in [-0.3, -0.25) is 0 Å². The summed E-state index contributed by atoms with van der Waals surface area (Å²) in [5, 5.41) is 9.91. The molecule has 0 spiro atoms. The summed E-state index contributed by atoms with van der Waals surface area (Å²) in [6.07, 6.45) is 0. The number of nitriles is 1. The van der Waals surface area contributed by atoms with Gasteiger partial charge in [0.25, 0.3) is 0 Å². The fourth-order valence-electron chi connectivity index (χ4n) is 1.69. The summed E-state index contributed by atoms with van der Waals surface area (Å²) in [6, 6.07) is 12.6. The number of aromatic nitrogens is 1. The summed E-state index contributed by atoms with van der Waals surface area (Å²) in [4.78, 5) is 6.08. The highest BCUT2D eigenvalue weighted by Crippen LogP contribution is 2.19. The normalized spacial score (nSPS) is 10.0. The number of anilines is 1. The van der Waals surface area contributed by atoms with Crippen LogP contribution in [0.3, 0.4) is 0 Å². The van der Waals surface area contributed by atoms with Crippen LogP contribution in [0.5, 0.6) is 5.75 Å². The summed E-state index contributed by atoms with van der Waals surface area (Å²) in [7, 11) is 1.87. The molecule has 21 heavy (non-hydrogen) atoms. The molecule has 1 heterocycles. The van der Waals surface area contributed by atoms with E-state index in [-0.39, 0.29) is 5.69 Å². The van der Waals surface area contributed by atoms with Gasteiger partial charge in [0.05, 0.1) is 11.6 Å². The third-order valence-corrected chi connectivity index (χ3v) is 3.36. The van der Waals surface area contributed by atoms with Crippen LogP contribution in [-0.2, 0) is 0 Å². The van der Waals surface area contributed by atoms with E-state index >= 15 is 0 Å². The number of likely N-dealkylation sites (N-methyl/N-ethyl adjacent to an activating group) is 1. The Hall–Kier alpha value is -1.96. The van der Waals surface area contributed by atoms with Crippen LogP contribution in [0.25, 0.3) is 0 Å². The first kappa shape index (κ1) is 15.4. The predicted octanol–water partition coefficient (Wildman–Crippen LogP) is 3.78. The van der Waals surface area contributed by atoms with Crippen LogP contribution in [0.15, 0.2) is 36.4 Å². The number of ether oxygens (including phenoxy) is 1. The van der Waals surface area contributed by atoms with E-state index in [9.17, 15) is 0 Å². The smallest absolute Gasteiger partial charge is 0.161 e. The van der Waals surface area contributed by atoms with Gasteiger partial charge < -0.3 is 9.64 Å². The highest BCUT2D eigenvalue weighted by molar-refractivity contribution is 6.31. The third kappa shape index (κ3) is 4.25. The molecule has 108 valence electrons. The van der Waals surface area contributed by atoms with Crippen molar-refractivity contribution < 1.29 is 4.74 Å². The Kier molecular flexibility index (Phi) is 5.26. The first-order valence-corrected chi connectivity index (χ1v) is 7.02. The van der Waals surface area contributed by atoms with Gasteiger partial charge >= 0.3 is 0 Å². The number of benzene rings is 1. The van der Waals surface area contributed by atoms with Gasteiger partial charge in [-0.2, -0.15) is 5.26 Å². The molecule has 0 aliphatic rings. The molecule has 0 bridgehead atoms. The molecule has 0 fully saturated rings. The Balaban J connectivity index is 1.93. The van der Waals surface area contributed by atoms with Crippen molar-refractivity contribution in [1.82, 2.24) is 4.98 Å². The molecule has 2 aromatic rings. The largest absolute Gasteiger partial charge is 0.492 e.